The van der Waals surface area contributed by atoms with E-state index in [-0.39, 0.29) is 18.3 Å². The Labute approximate surface area is 156 Å². The van der Waals surface area contributed by atoms with Gasteiger partial charge in [0.2, 0.25) is 0 Å². The lowest BCUT2D eigenvalue weighted by atomic mass is 9.95. The fourth-order valence-electron chi connectivity index (χ4n) is 2.96. The molecule has 2 aromatic rings. The first-order valence-electron chi connectivity index (χ1n) is 8.05. The van der Waals surface area contributed by atoms with Gasteiger partial charge in [-0.05, 0) is 62.9 Å². The average molecular weight is 414 g/mol. The molecule has 0 spiro atoms. The molecule has 0 saturated carbocycles. The summed E-state index contributed by atoms with van der Waals surface area (Å²) in [6.07, 6.45) is 4.92. The van der Waals surface area contributed by atoms with Crippen LogP contribution in [0.1, 0.15) is 41.0 Å². The molecule has 7 heteroatoms. The van der Waals surface area contributed by atoms with Gasteiger partial charge in [0.15, 0.2) is 5.69 Å². The van der Waals surface area contributed by atoms with E-state index in [2.05, 4.69) is 26.3 Å². The van der Waals surface area contributed by atoms with E-state index < -0.39 is 0 Å². The van der Waals surface area contributed by atoms with Gasteiger partial charge in [-0.2, -0.15) is 5.10 Å². The molecule has 0 unspecified atom stereocenters. The molecule has 0 bridgehead atoms. The maximum absolute atomic E-state index is 12.5. The third kappa shape index (κ3) is 3.99. The standard InChI is InChI=1S/C17H21BrN4O.ClH/c18-12-6-8-13(9-7-12)22-15-5-2-1-4-14(15)16(21-22)17(23)20-11-3-10-19;/h6-9H,1-5,10-11,19H2,(H,20,23);1H. The molecule has 1 aromatic heterocycles. The number of benzene rings is 1. The molecule has 0 saturated heterocycles. The number of aromatic nitrogens is 2. The lowest BCUT2D eigenvalue weighted by molar-refractivity contribution is 0.0947. The Morgan fingerprint density at radius 2 is 1.96 bits per heavy atom. The van der Waals surface area contributed by atoms with Crippen LogP contribution in [0.2, 0.25) is 0 Å². The lowest BCUT2D eigenvalue weighted by Gasteiger charge is -2.14. The third-order valence-electron chi connectivity index (χ3n) is 4.13. The summed E-state index contributed by atoms with van der Waals surface area (Å²) in [5.74, 6) is -0.0903. The van der Waals surface area contributed by atoms with Gasteiger partial charge < -0.3 is 11.1 Å². The topological polar surface area (TPSA) is 72.9 Å². The number of nitrogens with zero attached hydrogens (tertiary/aromatic N) is 2. The molecule has 1 amide bonds. The van der Waals surface area contributed by atoms with Crippen molar-refractivity contribution in [1.29, 1.82) is 0 Å². The monoisotopic (exact) mass is 412 g/mol. The Morgan fingerprint density at radius 3 is 2.67 bits per heavy atom. The second-order valence-electron chi connectivity index (χ2n) is 5.77. The van der Waals surface area contributed by atoms with Gasteiger partial charge in [-0.3, -0.25) is 4.79 Å². The van der Waals surface area contributed by atoms with Crippen molar-refractivity contribution in [2.75, 3.05) is 13.1 Å². The van der Waals surface area contributed by atoms with Crippen LogP contribution in [0.25, 0.3) is 5.69 Å². The largest absolute Gasteiger partial charge is 0.351 e. The van der Waals surface area contributed by atoms with Gasteiger partial charge in [0, 0.05) is 22.3 Å². The predicted molar refractivity (Wildman–Crippen MR) is 101 cm³/mol. The summed E-state index contributed by atoms with van der Waals surface area (Å²) < 4.78 is 2.96. The molecule has 3 rings (SSSR count). The molecular weight excluding hydrogens is 392 g/mol. The molecule has 1 heterocycles. The Balaban J connectivity index is 0.00000208. The number of nitrogens with two attached hydrogens (primary N) is 1. The van der Waals surface area contributed by atoms with E-state index in [1.807, 2.05) is 28.9 Å². The van der Waals surface area contributed by atoms with Crippen molar-refractivity contribution in [3.63, 3.8) is 0 Å². The van der Waals surface area contributed by atoms with Crippen LogP contribution in [0.15, 0.2) is 28.7 Å². The molecule has 0 radical (unpaired) electrons. The number of halogens is 2. The Bertz CT molecular complexity index is 699. The van der Waals surface area contributed by atoms with E-state index in [4.69, 9.17) is 5.73 Å². The van der Waals surface area contributed by atoms with Crippen molar-refractivity contribution < 1.29 is 4.79 Å². The summed E-state index contributed by atoms with van der Waals surface area (Å²) in [5.41, 5.74) is 9.31. The van der Waals surface area contributed by atoms with Crippen LogP contribution >= 0.6 is 28.3 Å². The van der Waals surface area contributed by atoms with Crippen LogP contribution in [0.3, 0.4) is 0 Å². The summed E-state index contributed by atoms with van der Waals surface area (Å²) >= 11 is 3.45. The molecule has 0 atom stereocenters. The van der Waals surface area contributed by atoms with Crippen LogP contribution in [0.5, 0.6) is 0 Å². The predicted octanol–water partition coefficient (Wildman–Crippen LogP) is 3.01. The maximum Gasteiger partial charge on any atom is 0.272 e. The minimum atomic E-state index is -0.0903. The minimum absolute atomic E-state index is 0. The first-order valence-corrected chi connectivity index (χ1v) is 8.85. The Hall–Kier alpha value is -1.37. The highest BCUT2D eigenvalue weighted by atomic mass is 79.9. The van der Waals surface area contributed by atoms with Gasteiger partial charge in [0.05, 0.1) is 5.69 Å². The molecule has 1 aliphatic carbocycles. The molecule has 1 aromatic carbocycles. The number of nitrogens with one attached hydrogen (secondary N) is 1. The SMILES string of the molecule is Cl.NCCCNC(=O)c1nn(-c2ccc(Br)cc2)c2c1CCCC2. The van der Waals surface area contributed by atoms with Crippen molar-refractivity contribution in [3.05, 3.63) is 45.7 Å². The summed E-state index contributed by atoms with van der Waals surface area (Å²) in [5, 5.41) is 7.55. The second-order valence-corrected chi connectivity index (χ2v) is 6.68. The van der Waals surface area contributed by atoms with E-state index in [0.29, 0.717) is 18.8 Å². The number of amides is 1. The van der Waals surface area contributed by atoms with Crippen molar-refractivity contribution in [3.8, 4) is 5.69 Å². The summed E-state index contributed by atoms with van der Waals surface area (Å²) in [6, 6.07) is 8.02. The average Bonchev–Trinajstić information content (AvgIpc) is 2.95. The summed E-state index contributed by atoms with van der Waals surface area (Å²) in [6.45, 7) is 1.17. The van der Waals surface area contributed by atoms with E-state index in [0.717, 1.165) is 47.8 Å². The van der Waals surface area contributed by atoms with Crippen LogP contribution < -0.4 is 11.1 Å². The van der Waals surface area contributed by atoms with Crippen LogP contribution in [0.4, 0.5) is 0 Å². The smallest absolute Gasteiger partial charge is 0.272 e. The molecule has 1 aliphatic rings. The lowest BCUT2D eigenvalue weighted by Crippen LogP contribution is -2.27. The third-order valence-corrected chi connectivity index (χ3v) is 4.66. The highest BCUT2D eigenvalue weighted by Gasteiger charge is 2.25. The Morgan fingerprint density at radius 1 is 1.25 bits per heavy atom. The zero-order valence-corrected chi connectivity index (χ0v) is 15.8. The van der Waals surface area contributed by atoms with Crippen LogP contribution in [-0.4, -0.2) is 28.8 Å². The number of carbonyl (C=O) groups is 1. The molecule has 5 nitrogen and oxygen atoms in total. The number of hydrogen-bond acceptors (Lipinski definition) is 3. The van der Waals surface area contributed by atoms with E-state index in [1.165, 1.54) is 5.69 Å². The van der Waals surface area contributed by atoms with Gasteiger partial charge >= 0.3 is 0 Å². The van der Waals surface area contributed by atoms with E-state index in [9.17, 15) is 4.79 Å². The molecule has 0 aliphatic heterocycles. The number of hydrogen-bond donors (Lipinski definition) is 2. The molecule has 3 N–H and O–H groups in total. The zero-order chi connectivity index (χ0) is 16.2. The first kappa shape index (κ1) is 19.0. The number of fused-ring (bicyclic) bond motifs is 1. The van der Waals surface area contributed by atoms with Crippen molar-refractivity contribution >= 4 is 34.2 Å². The quantitative estimate of drug-likeness (QED) is 0.740. The zero-order valence-electron chi connectivity index (χ0n) is 13.4. The Kier molecular flexibility index (Phi) is 6.83. The maximum atomic E-state index is 12.5. The van der Waals surface area contributed by atoms with Crippen molar-refractivity contribution in [2.45, 2.75) is 32.1 Å². The highest BCUT2D eigenvalue weighted by molar-refractivity contribution is 9.10. The second kappa shape index (κ2) is 8.65. The number of carbonyl (C=O) groups excluding carboxylic acids is 1. The highest BCUT2D eigenvalue weighted by Crippen LogP contribution is 2.27. The van der Waals surface area contributed by atoms with Crippen LogP contribution in [-0.2, 0) is 12.8 Å². The first-order chi connectivity index (χ1) is 11.2. The van der Waals surface area contributed by atoms with Crippen molar-refractivity contribution in [1.82, 2.24) is 15.1 Å². The molecule has 130 valence electrons. The van der Waals surface area contributed by atoms with Gasteiger partial charge in [-0.1, -0.05) is 15.9 Å². The van der Waals surface area contributed by atoms with Crippen molar-refractivity contribution in [2.24, 2.45) is 5.73 Å². The molecule has 24 heavy (non-hydrogen) atoms. The minimum Gasteiger partial charge on any atom is -0.351 e. The van der Waals surface area contributed by atoms with E-state index >= 15 is 0 Å². The van der Waals surface area contributed by atoms with Gasteiger partial charge in [-0.15, -0.1) is 12.4 Å². The van der Waals surface area contributed by atoms with Gasteiger partial charge in [-0.25, -0.2) is 4.68 Å². The summed E-state index contributed by atoms with van der Waals surface area (Å²) in [4.78, 5) is 12.5. The molecular formula is C17H22BrClN4O. The normalized spacial score (nSPS) is 13.1. The van der Waals surface area contributed by atoms with E-state index in [1.54, 1.807) is 0 Å². The molecule has 0 fully saturated rings. The van der Waals surface area contributed by atoms with Crippen LogP contribution in [0, 0.1) is 0 Å². The van der Waals surface area contributed by atoms with Gasteiger partial charge in [0.25, 0.3) is 5.91 Å². The summed E-state index contributed by atoms with van der Waals surface area (Å²) in [7, 11) is 0. The fourth-order valence-corrected chi connectivity index (χ4v) is 3.23. The fraction of sp³-hybridized carbons (Fsp3) is 0.412. The number of rotatable bonds is 5. The van der Waals surface area contributed by atoms with Gasteiger partial charge in [0.1, 0.15) is 0 Å².